The van der Waals surface area contributed by atoms with Crippen LogP contribution in [0.25, 0.3) is 0 Å². The Morgan fingerprint density at radius 3 is 2.58 bits per heavy atom. The van der Waals surface area contributed by atoms with E-state index in [1.807, 2.05) is 0 Å². The minimum absolute atomic E-state index is 0.0904. The van der Waals surface area contributed by atoms with Gasteiger partial charge in [0, 0.05) is 5.69 Å². The number of hydrogen-bond donors (Lipinski definition) is 2. The van der Waals surface area contributed by atoms with Crippen molar-refractivity contribution < 1.29 is 13.2 Å². The summed E-state index contributed by atoms with van der Waals surface area (Å²) in [7, 11) is -2.34. The summed E-state index contributed by atoms with van der Waals surface area (Å²) in [6, 6.07) is 5.84. The summed E-state index contributed by atoms with van der Waals surface area (Å²) in [5.74, 6) is 0.147. The second kappa shape index (κ2) is 5.11. The molecule has 0 radical (unpaired) electrons. The molecular formula is C11H12N4O3S. The van der Waals surface area contributed by atoms with Crippen LogP contribution in [0.5, 0.6) is 5.88 Å². The highest BCUT2D eigenvalue weighted by molar-refractivity contribution is 7.92. The van der Waals surface area contributed by atoms with Gasteiger partial charge in [-0.25, -0.2) is 13.4 Å². The zero-order valence-electron chi connectivity index (χ0n) is 10.1. The zero-order chi connectivity index (χ0) is 13.9. The first-order valence-corrected chi connectivity index (χ1v) is 6.73. The third-order valence-electron chi connectivity index (χ3n) is 2.30. The van der Waals surface area contributed by atoms with Crippen LogP contribution in [0.1, 0.15) is 0 Å². The fourth-order valence-corrected chi connectivity index (χ4v) is 2.44. The van der Waals surface area contributed by atoms with Gasteiger partial charge in [-0.15, -0.1) is 0 Å². The molecule has 0 saturated heterocycles. The molecule has 1 heterocycles. The second-order valence-electron chi connectivity index (χ2n) is 3.62. The van der Waals surface area contributed by atoms with Crippen LogP contribution in [0.2, 0.25) is 0 Å². The van der Waals surface area contributed by atoms with E-state index in [0.29, 0.717) is 5.69 Å². The quantitative estimate of drug-likeness (QED) is 0.805. The topological polar surface area (TPSA) is 107 Å². The molecular weight excluding hydrogens is 268 g/mol. The van der Waals surface area contributed by atoms with E-state index < -0.39 is 10.0 Å². The predicted molar refractivity (Wildman–Crippen MR) is 70.2 cm³/mol. The molecule has 2 aromatic rings. The van der Waals surface area contributed by atoms with Crippen LogP contribution in [-0.2, 0) is 10.0 Å². The van der Waals surface area contributed by atoms with E-state index in [-0.39, 0.29) is 16.5 Å². The molecule has 19 heavy (non-hydrogen) atoms. The Labute approximate surface area is 110 Å². The summed E-state index contributed by atoms with van der Waals surface area (Å²) in [5, 5.41) is 0. The highest BCUT2D eigenvalue weighted by Crippen LogP contribution is 2.23. The van der Waals surface area contributed by atoms with Crippen molar-refractivity contribution >= 4 is 21.4 Å². The third-order valence-corrected chi connectivity index (χ3v) is 3.69. The molecule has 0 amide bonds. The first kappa shape index (κ1) is 13.1. The number of hydrogen-bond acceptors (Lipinski definition) is 6. The Morgan fingerprint density at radius 1 is 1.26 bits per heavy atom. The summed E-state index contributed by atoms with van der Waals surface area (Å²) in [5.41, 5.74) is 6.17. The van der Waals surface area contributed by atoms with Gasteiger partial charge in [-0.2, -0.15) is 4.98 Å². The Balaban J connectivity index is 2.34. The molecule has 1 aromatic heterocycles. The van der Waals surface area contributed by atoms with Crippen LogP contribution < -0.4 is 15.2 Å². The van der Waals surface area contributed by atoms with E-state index in [2.05, 4.69) is 14.7 Å². The summed E-state index contributed by atoms with van der Waals surface area (Å²) in [4.78, 5) is 7.65. The van der Waals surface area contributed by atoms with Crippen molar-refractivity contribution in [3.8, 4) is 5.88 Å². The largest absolute Gasteiger partial charge is 0.479 e. The number of ether oxygens (including phenoxy) is 1. The van der Waals surface area contributed by atoms with Gasteiger partial charge in [0.15, 0.2) is 0 Å². The lowest BCUT2D eigenvalue weighted by Crippen LogP contribution is -2.14. The molecule has 3 N–H and O–H groups in total. The minimum Gasteiger partial charge on any atom is -0.479 e. The lowest BCUT2D eigenvalue weighted by Gasteiger charge is -2.10. The van der Waals surface area contributed by atoms with E-state index in [1.165, 1.54) is 43.9 Å². The van der Waals surface area contributed by atoms with Crippen LogP contribution in [-0.4, -0.2) is 25.5 Å². The standard InChI is InChI=1S/C11H12N4O3S/c1-18-11-10(6-13-7-14-11)15-19(16,17)9-4-2-8(12)3-5-9/h2-7,15H,12H2,1H3. The lowest BCUT2D eigenvalue weighted by molar-refractivity contribution is 0.399. The number of benzene rings is 1. The van der Waals surface area contributed by atoms with Crippen molar-refractivity contribution in [3.63, 3.8) is 0 Å². The van der Waals surface area contributed by atoms with E-state index in [1.54, 1.807) is 0 Å². The van der Waals surface area contributed by atoms with Gasteiger partial charge in [0.25, 0.3) is 10.0 Å². The Kier molecular flexibility index (Phi) is 3.52. The van der Waals surface area contributed by atoms with Gasteiger partial charge in [-0.05, 0) is 24.3 Å². The van der Waals surface area contributed by atoms with E-state index >= 15 is 0 Å². The monoisotopic (exact) mass is 280 g/mol. The predicted octanol–water partition coefficient (Wildman–Crippen LogP) is 0.868. The summed E-state index contributed by atoms with van der Waals surface area (Å²) < 4.78 is 31.5. The van der Waals surface area contributed by atoms with Crippen molar-refractivity contribution in [2.24, 2.45) is 0 Å². The molecule has 2 rings (SSSR count). The Hall–Kier alpha value is -2.35. The average molecular weight is 280 g/mol. The summed E-state index contributed by atoms with van der Waals surface area (Å²) >= 11 is 0. The van der Waals surface area contributed by atoms with E-state index in [9.17, 15) is 8.42 Å². The second-order valence-corrected chi connectivity index (χ2v) is 5.30. The normalized spacial score (nSPS) is 11.0. The van der Waals surface area contributed by atoms with Crippen LogP contribution in [0, 0.1) is 0 Å². The van der Waals surface area contributed by atoms with Crippen molar-refractivity contribution in [3.05, 3.63) is 36.8 Å². The highest BCUT2D eigenvalue weighted by Gasteiger charge is 2.16. The smallest absolute Gasteiger partial charge is 0.262 e. The maximum atomic E-state index is 12.1. The number of nitrogen functional groups attached to an aromatic ring is 1. The van der Waals surface area contributed by atoms with Gasteiger partial charge in [0.05, 0.1) is 18.2 Å². The van der Waals surface area contributed by atoms with Gasteiger partial charge >= 0.3 is 0 Å². The van der Waals surface area contributed by atoms with Gasteiger partial charge in [0.2, 0.25) is 5.88 Å². The number of nitrogens with two attached hydrogens (primary N) is 1. The van der Waals surface area contributed by atoms with Crippen molar-refractivity contribution in [1.82, 2.24) is 9.97 Å². The van der Waals surface area contributed by atoms with Gasteiger partial charge in [-0.3, -0.25) is 4.72 Å². The first-order valence-electron chi connectivity index (χ1n) is 5.25. The maximum absolute atomic E-state index is 12.1. The van der Waals surface area contributed by atoms with E-state index in [0.717, 1.165) is 0 Å². The number of rotatable bonds is 4. The van der Waals surface area contributed by atoms with Crippen LogP contribution >= 0.6 is 0 Å². The molecule has 0 aliphatic heterocycles. The molecule has 0 aliphatic carbocycles. The zero-order valence-corrected chi connectivity index (χ0v) is 10.9. The van der Waals surface area contributed by atoms with Crippen molar-refractivity contribution in [2.75, 3.05) is 17.6 Å². The number of anilines is 2. The average Bonchev–Trinajstić information content (AvgIpc) is 2.39. The van der Waals surface area contributed by atoms with E-state index in [4.69, 9.17) is 10.5 Å². The molecule has 100 valence electrons. The summed E-state index contributed by atoms with van der Waals surface area (Å²) in [6.07, 6.45) is 2.58. The molecule has 0 fully saturated rings. The number of nitrogens with one attached hydrogen (secondary N) is 1. The number of nitrogens with zero attached hydrogens (tertiary/aromatic N) is 2. The minimum atomic E-state index is -3.73. The van der Waals surface area contributed by atoms with Crippen LogP contribution in [0.3, 0.4) is 0 Å². The number of methoxy groups -OCH3 is 1. The molecule has 0 saturated carbocycles. The van der Waals surface area contributed by atoms with Gasteiger partial charge in [0.1, 0.15) is 12.0 Å². The molecule has 0 aliphatic rings. The molecule has 0 atom stereocenters. The SMILES string of the molecule is COc1ncncc1NS(=O)(=O)c1ccc(N)cc1. The molecule has 7 nitrogen and oxygen atoms in total. The molecule has 0 unspecified atom stereocenters. The fourth-order valence-electron chi connectivity index (χ4n) is 1.40. The fraction of sp³-hybridized carbons (Fsp3) is 0.0909. The summed E-state index contributed by atoms with van der Waals surface area (Å²) in [6.45, 7) is 0. The third kappa shape index (κ3) is 2.91. The maximum Gasteiger partial charge on any atom is 0.262 e. The number of aromatic nitrogens is 2. The number of sulfonamides is 1. The first-order chi connectivity index (χ1) is 9.03. The molecule has 0 bridgehead atoms. The van der Waals surface area contributed by atoms with Crippen LogP contribution in [0.15, 0.2) is 41.7 Å². The lowest BCUT2D eigenvalue weighted by atomic mass is 10.3. The van der Waals surface area contributed by atoms with Gasteiger partial charge in [-0.1, -0.05) is 0 Å². The molecule has 8 heteroatoms. The van der Waals surface area contributed by atoms with Crippen LogP contribution in [0.4, 0.5) is 11.4 Å². The van der Waals surface area contributed by atoms with Gasteiger partial charge < -0.3 is 10.5 Å². The Morgan fingerprint density at radius 2 is 1.95 bits per heavy atom. The van der Waals surface area contributed by atoms with Crippen molar-refractivity contribution in [1.29, 1.82) is 0 Å². The highest BCUT2D eigenvalue weighted by atomic mass is 32.2. The van der Waals surface area contributed by atoms with Crippen molar-refractivity contribution in [2.45, 2.75) is 4.90 Å². The Bertz CT molecular complexity index is 671. The molecule has 1 aromatic carbocycles. The molecule has 0 spiro atoms.